The zero-order chi connectivity index (χ0) is 15.4. The van der Waals surface area contributed by atoms with E-state index in [2.05, 4.69) is 10.3 Å². The summed E-state index contributed by atoms with van der Waals surface area (Å²) in [5.74, 6) is -1.76. The number of nitrogens with zero attached hydrogens (tertiary/aromatic N) is 2. The van der Waals surface area contributed by atoms with Gasteiger partial charge in [-0.05, 0) is 12.1 Å². The van der Waals surface area contributed by atoms with Crippen LogP contribution in [-0.2, 0) is 9.53 Å². The number of amides is 2. The third kappa shape index (κ3) is 3.18. The highest BCUT2D eigenvalue weighted by Gasteiger charge is 2.40. The highest BCUT2D eigenvalue weighted by molar-refractivity contribution is 5.93. The lowest BCUT2D eigenvalue weighted by Gasteiger charge is -2.15. The predicted octanol–water partition coefficient (Wildman–Crippen LogP) is 0.301. The predicted molar refractivity (Wildman–Crippen MR) is 73.0 cm³/mol. The van der Waals surface area contributed by atoms with Gasteiger partial charge < -0.3 is 15.0 Å². The Hall–Kier alpha value is -2.02. The molecule has 0 bridgehead atoms. The Bertz CT molecular complexity index is 538. The topological polar surface area (TPSA) is 71.5 Å². The summed E-state index contributed by atoms with van der Waals surface area (Å²) >= 11 is 0. The largest absolute Gasteiger partial charge is 0.384 e. The Labute approximate surface area is 122 Å². The van der Waals surface area contributed by atoms with Crippen LogP contribution in [0.5, 0.6) is 0 Å². The highest BCUT2D eigenvalue weighted by Crippen LogP contribution is 2.25. The van der Waals surface area contributed by atoms with E-state index >= 15 is 0 Å². The van der Waals surface area contributed by atoms with Gasteiger partial charge in [-0.1, -0.05) is 0 Å². The van der Waals surface area contributed by atoms with Crippen molar-refractivity contribution in [3.8, 4) is 0 Å². The number of hydrogen-bond donors (Lipinski definition) is 1. The molecule has 0 saturated carbocycles. The molecule has 2 heterocycles. The van der Waals surface area contributed by atoms with E-state index < -0.39 is 11.7 Å². The van der Waals surface area contributed by atoms with Crippen molar-refractivity contribution >= 4 is 11.8 Å². The van der Waals surface area contributed by atoms with Crippen LogP contribution in [-0.4, -0.2) is 55.6 Å². The smallest absolute Gasteiger partial charge is 0.275 e. The lowest BCUT2D eigenvalue weighted by Crippen LogP contribution is -2.35. The van der Waals surface area contributed by atoms with Crippen LogP contribution in [0.3, 0.4) is 0 Å². The molecular weight excluding hydrogens is 277 g/mol. The molecule has 0 spiro atoms. The summed E-state index contributed by atoms with van der Waals surface area (Å²) in [6, 6.07) is 2.62. The van der Waals surface area contributed by atoms with Crippen molar-refractivity contribution in [2.24, 2.45) is 11.8 Å². The number of nitrogens with one attached hydrogen (secondary N) is 1. The Morgan fingerprint density at radius 2 is 2.29 bits per heavy atom. The van der Waals surface area contributed by atoms with Gasteiger partial charge >= 0.3 is 0 Å². The Balaban J connectivity index is 2.16. The highest BCUT2D eigenvalue weighted by atomic mass is 19.1. The lowest BCUT2D eigenvalue weighted by atomic mass is 9.96. The quantitative estimate of drug-likeness (QED) is 0.867. The summed E-state index contributed by atoms with van der Waals surface area (Å²) in [6.07, 6.45) is 1.37. The van der Waals surface area contributed by atoms with Gasteiger partial charge in [0.15, 0.2) is 11.5 Å². The molecule has 21 heavy (non-hydrogen) atoms. The third-order valence-corrected chi connectivity index (χ3v) is 3.65. The van der Waals surface area contributed by atoms with Crippen LogP contribution in [0, 0.1) is 17.7 Å². The van der Waals surface area contributed by atoms with Crippen molar-refractivity contribution in [3.05, 3.63) is 29.8 Å². The van der Waals surface area contributed by atoms with Crippen molar-refractivity contribution in [2.75, 3.05) is 33.9 Å². The fourth-order valence-electron chi connectivity index (χ4n) is 2.60. The molecule has 1 N–H and O–H groups in total. The summed E-state index contributed by atoms with van der Waals surface area (Å²) in [4.78, 5) is 29.4. The van der Waals surface area contributed by atoms with Gasteiger partial charge in [-0.25, -0.2) is 9.37 Å². The number of likely N-dealkylation sites (tertiary alicyclic amines) is 1. The fraction of sp³-hybridized carbons (Fsp3) is 0.500. The molecule has 1 aliphatic heterocycles. The third-order valence-electron chi connectivity index (χ3n) is 3.65. The fourth-order valence-corrected chi connectivity index (χ4v) is 2.60. The molecule has 114 valence electrons. The Morgan fingerprint density at radius 3 is 2.90 bits per heavy atom. The van der Waals surface area contributed by atoms with Crippen LogP contribution in [0.25, 0.3) is 0 Å². The molecule has 2 amide bonds. The van der Waals surface area contributed by atoms with Gasteiger partial charge in [0, 0.05) is 39.4 Å². The van der Waals surface area contributed by atoms with E-state index in [4.69, 9.17) is 4.74 Å². The van der Waals surface area contributed by atoms with Gasteiger partial charge in [-0.2, -0.15) is 0 Å². The molecule has 1 fully saturated rings. The van der Waals surface area contributed by atoms with Crippen LogP contribution in [0.15, 0.2) is 18.3 Å². The SMILES string of the molecule is CNC(=O)[C@@H]1CN(C(=O)c2ncccc2F)C[C@H]1COC. The molecule has 1 saturated heterocycles. The van der Waals surface area contributed by atoms with E-state index in [1.165, 1.54) is 23.2 Å². The minimum absolute atomic E-state index is 0.106. The first-order valence-corrected chi connectivity index (χ1v) is 6.68. The maximum atomic E-state index is 13.6. The maximum Gasteiger partial charge on any atom is 0.275 e. The number of ether oxygens (including phenoxy) is 1. The zero-order valence-corrected chi connectivity index (χ0v) is 12.0. The van der Waals surface area contributed by atoms with Crippen LogP contribution in [0.1, 0.15) is 10.5 Å². The maximum absolute atomic E-state index is 13.6. The van der Waals surface area contributed by atoms with E-state index in [9.17, 15) is 14.0 Å². The molecule has 6 nitrogen and oxygen atoms in total. The molecule has 0 radical (unpaired) electrons. The van der Waals surface area contributed by atoms with Gasteiger partial charge in [-0.15, -0.1) is 0 Å². The van der Waals surface area contributed by atoms with E-state index in [1.807, 2.05) is 0 Å². The standard InChI is InChI=1S/C14H18FN3O3/c1-16-13(19)10-7-18(6-9(10)8-21-2)14(20)12-11(15)4-3-5-17-12/h3-5,9-10H,6-8H2,1-2H3,(H,16,19)/t9-,10+/m0/s1. The lowest BCUT2D eigenvalue weighted by molar-refractivity contribution is -0.125. The number of rotatable bonds is 4. The van der Waals surface area contributed by atoms with Gasteiger partial charge in [0.05, 0.1) is 12.5 Å². The summed E-state index contributed by atoms with van der Waals surface area (Å²) < 4.78 is 18.7. The van der Waals surface area contributed by atoms with E-state index in [0.717, 1.165) is 0 Å². The zero-order valence-electron chi connectivity index (χ0n) is 12.0. The average Bonchev–Trinajstić information content (AvgIpc) is 2.91. The van der Waals surface area contributed by atoms with Crippen LogP contribution in [0.2, 0.25) is 0 Å². The molecule has 0 aliphatic carbocycles. The summed E-state index contributed by atoms with van der Waals surface area (Å²) in [5, 5.41) is 2.58. The van der Waals surface area contributed by atoms with Gasteiger partial charge in [0.2, 0.25) is 5.91 Å². The van der Waals surface area contributed by atoms with Gasteiger partial charge in [-0.3, -0.25) is 9.59 Å². The van der Waals surface area contributed by atoms with E-state index in [1.54, 1.807) is 14.2 Å². The second-order valence-electron chi connectivity index (χ2n) is 4.98. The van der Waals surface area contributed by atoms with Crippen LogP contribution >= 0.6 is 0 Å². The van der Waals surface area contributed by atoms with Crippen LogP contribution < -0.4 is 5.32 Å². The summed E-state index contributed by atoms with van der Waals surface area (Å²) in [6.45, 7) is 0.954. The molecule has 1 aliphatic rings. The normalized spacial score (nSPS) is 21.4. The number of carbonyl (C=O) groups is 2. The molecule has 1 aromatic heterocycles. The van der Waals surface area contributed by atoms with Crippen molar-refractivity contribution in [3.63, 3.8) is 0 Å². The van der Waals surface area contributed by atoms with Crippen molar-refractivity contribution in [1.82, 2.24) is 15.2 Å². The first-order chi connectivity index (χ1) is 10.1. The summed E-state index contributed by atoms with van der Waals surface area (Å²) in [7, 11) is 3.10. The van der Waals surface area contributed by atoms with Crippen molar-refractivity contribution in [2.45, 2.75) is 0 Å². The molecule has 0 aromatic carbocycles. The van der Waals surface area contributed by atoms with E-state index in [-0.39, 0.29) is 30.0 Å². The van der Waals surface area contributed by atoms with Gasteiger partial charge in [0.1, 0.15) is 0 Å². The number of halogens is 1. The molecule has 2 rings (SSSR count). The first kappa shape index (κ1) is 15.4. The number of hydrogen-bond acceptors (Lipinski definition) is 4. The van der Waals surface area contributed by atoms with Gasteiger partial charge in [0.25, 0.3) is 5.91 Å². The minimum atomic E-state index is -0.658. The molecule has 2 atom stereocenters. The molecule has 0 unspecified atom stereocenters. The number of pyridine rings is 1. The van der Waals surface area contributed by atoms with E-state index in [0.29, 0.717) is 13.2 Å². The van der Waals surface area contributed by atoms with Crippen molar-refractivity contribution < 1.29 is 18.7 Å². The molecule has 7 heteroatoms. The minimum Gasteiger partial charge on any atom is -0.384 e. The van der Waals surface area contributed by atoms with Crippen molar-refractivity contribution in [1.29, 1.82) is 0 Å². The first-order valence-electron chi connectivity index (χ1n) is 6.68. The monoisotopic (exact) mass is 295 g/mol. The number of methoxy groups -OCH3 is 1. The molecular formula is C14H18FN3O3. The Morgan fingerprint density at radius 1 is 1.52 bits per heavy atom. The molecule has 1 aromatic rings. The van der Waals surface area contributed by atoms with Crippen LogP contribution in [0.4, 0.5) is 4.39 Å². The Kier molecular flexibility index (Phi) is 4.85. The average molecular weight is 295 g/mol. The summed E-state index contributed by atoms with van der Waals surface area (Å²) in [5.41, 5.74) is -0.216. The number of aromatic nitrogens is 1. The number of carbonyl (C=O) groups excluding carboxylic acids is 2. The second-order valence-corrected chi connectivity index (χ2v) is 4.98. The second kappa shape index (κ2) is 6.62.